The van der Waals surface area contributed by atoms with Crippen molar-refractivity contribution in [2.45, 2.75) is 18.6 Å². The molecule has 0 spiro atoms. The first-order chi connectivity index (χ1) is 13.1. The van der Waals surface area contributed by atoms with Crippen LogP contribution >= 0.6 is 35.6 Å². The fourth-order valence-electron chi connectivity index (χ4n) is 3.09. The van der Waals surface area contributed by atoms with Crippen molar-refractivity contribution >= 4 is 47.4 Å². The number of aliphatic hydroxyl groups excluding tert-OH is 1. The molecule has 1 fully saturated rings. The maximum atomic E-state index is 13.3. The molecule has 2 heterocycles. The molecule has 2 atom stereocenters. The fourth-order valence-corrected chi connectivity index (χ4v) is 3.33. The molecule has 1 aliphatic heterocycles. The molecular formula is C19H24ClFIN5O. The van der Waals surface area contributed by atoms with E-state index in [2.05, 4.69) is 25.5 Å². The third-order valence-electron chi connectivity index (χ3n) is 4.49. The van der Waals surface area contributed by atoms with Crippen LogP contribution in [0.2, 0.25) is 5.02 Å². The van der Waals surface area contributed by atoms with Gasteiger partial charge in [-0.1, -0.05) is 23.7 Å². The zero-order valence-corrected chi connectivity index (χ0v) is 18.6. The van der Waals surface area contributed by atoms with Crippen molar-refractivity contribution in [2.24, 2.45) is 4.99 Å². The van der Waals surface area contributed by atoms with Crippen molar-refractivity contribution in [1.29, 1.82) is 0 Å². The molecule has 0 aliphatic carbocycles. The second-order valence-electron chi connectivity index (χ2n) is 6.41. The van der Waals surface area contributed by atoms with Crippen LogP contribution in [0.1, 0.15) is 18.1 Å². The number of benzene rings is 1. The van der Waals surface area contributed by atoms with Gasteiger partial charge in [-0.05, 0) is 36.2 Å². The van der Waals surface area contributed by atoms with Crippen molar-refractivity contribution < 1.29 is 9.50 Å². The average molecular weight is 520 g/mol. The average Bonchev–Trinajstić information content (AvgIpc) is 3.13. The summed E-state index contributed by atoms with van der Waals surface area (Å²) in [7, 11) is 1.67. The van der Waals surface area contributed by atoms with Crippen LogP contribution in [0.3, 0.4) is 0 Å². The highest BCUT2D eigenvalue weighted by atomic mass is 127. The second kappa shape index (κ2) is 10.8. The van der Waals surface area contributed by atoms with Gasteiger partial charge in [-0.3, -0.25) is 4.99 Å². The van der Waals surface area contributed by atoms with Crippen LogP contribution in [-0.2, 0) is 0 Å². The minimum absolute atomic E-state index is 0. The van der Waals surface area contributed by atoms with Crippen molar-refractivity contribution in [3.05, 3.63) is 59.0 Å². The van der Waals surface area contributed by atoms with E-state index in [-0.39, 0.29) is 42.4 Å². The largest absolute Gasteiger partial charge is 0.387 e. The summed E-state index contributed by atoms with van der Waals surface area (Å²) in [5.74, 6) is 1.01. The number of hydrogen-bond acceptors (Lipinski definition) is 4. The first-order valence-corrected chi connectivity index (χ1v) is 9.21. The zero-order chi connectivity index (χ0) is 19.2. The SMILES string of the molecule is CN=C(NCC(O)c1cccc(F)c1)NC1CCN(c2ncccc2Cl)C1.I. The Morgan fingerprint density at radius 2 is 2.25 bits per heavy atom. The molecule has 2 aromatic rings. The second-order valence-corrected chi connectivity index (χ2v) is 6.82. The Hall–Kier alpha value is -1.65. The lowest BCUT2D eigenvalue weighted by Gasteiger charge is -2.21. The molecule has 0 amide bonds. The van der Waals surface area contributed by atoms with E-state index in [1.807, 2.05) is 12.1 Å². The third kappa shape index (κ3) is 5.92. The lowest BCUT2D eigenvalue weighted by molar-refractivity contribution is 0.180. The maximum absolute atomic E-state index is 13.3. The minimum atomic E-state index is -0.827. The number of halogens is 3. The standard InChI is InChI=1S/C19H23ClFN5O.HI/c1-22-19(24-11-17(27)13-4-2-5-14(21)10-13)25-15-7-9-26(12-15)18-16(20)6-3-8-23-18;/h2-6,8,10,15,17,27H,7,9,11-12H2,1H3,(H2,22,24,25);1H. The Balaban J connectivity index is 0.00000280. The molecule has 0 saturated carbocycles. The van der Waals surface area contributed by atoms with Crippen LogP contribution in [0.4, 0.5) is 10.2 Å². The van der Waals surface area contributed by atoms with Crippen LogP contribution in [-0.4, -0.2) is 48.8 Å². The Labute approximate surface area is 186 Å². The van der Waals surface area contributed by atoms with Crippen LogP contribution in [0.25, 0.3) is 0 Å². The van der Waals surface area contributed by atoms with Crippen LogP contribution < -0.4 is 15.5 Å². The quantitative estimate of drug-likeness (QED) is 0.322. The molecule has 0 bridgehead atoms. The van der Waals surface area contributed by atoms with Crippen molar-refractivity contribution in [1.82, 2.24) is 15.6 Å². The third-order valence-corrected chi connectivity index (χ3v) is 4.78. The molecule has 2 unspecified atom stereocenters. The molecule has 1 aromatic carbocycles. The number of nitrogens with zero attached hydrogens (tertiary/aromatic N) is 3. The van der Waals surface area contributed by atoms with Crippen molar-refractivity contribution in [3.63, 3.8) is 0 Å². The first kappa shape index (κ1) is 22.6. The van der Waals surface area contributed by atoms with E-state index < -0.39 is 6.10 Å². The minimum Gasteiger partial charge on any atom is -0.387 e. The Morgan fingerprint density at radius 1 is 1.43 bits per heavy atom. The van der Waals surface area contributed by atoms with E-state index in [4.69, 9.17) is 11.6 Å². The predicted molar refractivity (Wildman–Crippen MR) is 121 cm³/mol. The van der Waals surface area contributed by atoms with Gasteiger partial charge in [0.25, 0.3) is 0 Å². The molecule has 9 heteroatoms. The molecule has 1 aromatic heterocycles. The van der Waals surface area contributed by atoms with Gasteiger partial charge in [-0.2, -0.15) is 0 Å². The number of anilines is 1. The number of guanidine groups is 1. The van der Waals surface area contributed by atoms with Gasteiger partial charge in [0.1, 0.15) is 11.6 Å². The number of nitrogens with one attached hydrogen (secondary N) is 2. The van der Waals surface area contributed by atoms with Crippen molar-refractivity contribution in [2.75, 3.05) is 31.6 Å². The van der Waals surface area contributed by atoms with Gasteiger partial charge in [0, 0.05) is 38.9 Å². The van der Waals surface area contributed by atoms with Gasteiger partial charge in [-0.15, -0.1) is 24.0 Å². The van der Waals surface area contributed by atoms with E-state index in [9.17, 15) is 9.50 Å². The number of pyridine rings is 1. The molecule has 3 N–H and O–H groups in total. The maximum Gasteiger partial charge on any atom is 0.191 e. The topological polar surface area (TPSA) is 72.8 Å². The molecular weight excluding hydrogens is 496 g/mol. The van der Waals surface area contributed by atoms with Gasteiger partial charge in [0.15, 0.2) is 5.96 Å². The molecule has 1 aliphatic rings. The highest BCUT2D eigenvalue weighted by molar-refractivity contribution is 14.0. The van der Waals surface area contributed by atoms with Gasteiger partial charge < -0.3 is 20.6 Å². The smallest absolute Gasteiger partial charge is 0.191 e. The molecule has 6 nitrogen and oxygen atoms in total. The normalized spacial score (nSPS) is 17.8. The van der Waals surface area contributed by atoms with Gasteiger partial charge in [0.05, 0.1) is 11.1 Å². The summed E-state index contributed by atoms with van der Waals surface area (Å²) < 4.78 is 13.3. The van der Waals surface area contributed by atoms with E-state index in [0.717, 1.165) is 25.3 Å². The molecule has 152 valence electrons. The zero-order valence-electron chi connectivity index (χ0n) is 15.5. The highest BCUT2D eigenvalue weighted by Gasteiger charge is 2.25. The molecule has 0 radical (unpaired) electrons. The summed E-state index contributed by atoms with van der Waals surface area (Å²) in [6.45, 7) is 1.83. The summed E-state index contributed by atoms with van der Waals surface area (Å²) in [6.07, 6.45) is 1.82. The Morgan fingerprint density at radius 3 is 2.96 bits per heavy atom. The first-order valence-electron chi connectivity index (χ1n) is 8.83. The monoisotopic (exact) mass is 519 g/mol. The number of aromatic nitrogens is 1. The molecule has 3 rings (SSSR count). The number of rotatable bonds is 5. The van der Waals surface area contributed by atoms with E-state index in [1.54, 1.807) is 25.4 Å². The Kier molecular flexibility index (Phi) is 8.71. The predicted octanol–water partition coefficient (Wildman–Crippen LogP) is 2.97. The number of aliphatic imine (C=N–C) groups is 1. The van der Waals surface area contributed by atoms with Gasteiger partial charge in [0.2, 0.25) is 0 Å². The summed E-state index contributed by atoms with van der Waals surface area (Å²) in [4.78, 5) is 10.7. The van der Waals surface area contributed by atoms with E-state index >= 15 is 0 Å². The fraction of sp³-hybridized carbons (Fsp3) is 0.368. The van der Waals surface area contributed by atoms with E-state index in [0.29, 0.717) is 16.5 Å². The van der Waals surface area contributed by atoms with Gasteiger partial charge in [-0.25, -0.2) is 9.37 Å². The summed E-state index contributed by atoms with van der Waals surface area (Å²) in [6, 6.07) is 9.78. The summed E-state index contributed by atoms with van der Waals surface area (Å²) in [5, 5.41) is 17.3. The Bertz CT molecular complexity index is 809. The van der Waals surface area contributed by atoms with Crippen LogP contribution in [0, 0.1) is 5.82 Å². The van der Waals surface area contributed by atoms with Gasteiger partial charge >= 0.3 is 0 Å². The molecule has 28 heavy (non-hydrogen) atoms. The number of aliphatic hydroxyl groups is 1. The van der Waals surface area contributed by atoms with Crippen molar-refractivity contribution in [3.8, 4) is 0 Å². The number of hydrogen-bond donors (Lipinski definition) is 3. The van der Waals surface area contributed by atoms with E-state index in [1.165, 1.54) is 12.1 Å². The lowest BCUT2D eigenvalue weighted by atomic mass is 10.1. The summed E-state index contributed by atoms with van der Waals surface area (Å²) in [5.41, 5.74) is 0.523. The lowest BCUT2D eigenvalue weighted by Crippen LogP contribution is -2.45. The summed E-state index contributed by atoms with van der Waals surface area (Å²) >= 11 is 6.22. The molecule has 1 saturated heterocycles. The van der Waals surface area contributed by atoms with Crippen LogP contribution in [0.15, 0.2) is 47.6 Å². The van der Waals surface area contributed by atoms with Crippen LogP contribution in [0.5, 0.6) is 0 Å². The highest BCUT2D eigenvalue weighted by Crippen LogP contribution is 2.25.